The van der Waals surface area contributed by atoms with E-state index in [0.717, 1.165) is 38.5 Å². The average Bonchev–Trinajstić information content (AvgIpc) is 2.72. The SMILES string of the molecule is CCCCNC(=O)NC1CCC(C)(CN2C(=O)NC(=O)C2(C)C)CC1. The molecular formula is C18H32N4O3. The third-order valence-electron chi connectivity index (χ3n) is 5.58. The Morgan fingerprint density at radius 1 is 1.24 bits per heavy atom. The van der Waals surface area contributed by atoms with Crippen LogP contribution in [0, 0.1) is 5.41 Å². The Labute approximate surface area is 150 Å². The fraction of sp³-hybridized carbons (Fsp3) is 0.833. The topological polar surface area (TPSA) is 90.5 Å². The number of carbonyl (C=O) groups is 3. The predicted octanol–water partition coefficient (Wildman–Crippen LogP) is 2.37. The molecule has 2 rings (SSSR count). The molecule has 2 fully saturated rings. The van der Waals surface area contributed by atoms with Gasteiger partial charge >= 0.3 is 12.1 Å². The van der Waals surface area contributed by atoms with E-state index in [1.54, 1.807) is 18.7 Å². The minimum Gasteiger partial charge on any atom is -0.338 e. The highest BCUT2D eigenvalue weighted by molar-refractivity contribution is 6.06. The number of imide groups is 1. The van der Waals surface area contributed by atoms with Crippen LogP contribution in [0.15, 0.2) is 0 Å². The molecule has 0 bridgehead atoms. The number of rotatable bonds is 6. The van der Waals surface area contributed by atoms with Crippen molar-refractivity contribution in [3.8, 4) is 0 Å². The van der Waals surface area contributed by atoms with E-state index in [2.05, 4.69) is 29.8 Å². The Hall–Kier alpha value is -1.79. The molecule has 0 aromatic carbocycles. The molecule has 1 saturated carbocycles. The van der Waals surface area contributed by atoms with Crippen LogP contribution in [0.2, 0.25) is 0 Å². The van der Waals surface area contributed by atoms with Crippen molar-refractivity contribution in [1.29, 1.82) is 0 Å². The van der Waals surface area contributed by atoms with Gasteiger partial charge in [0.25, 0.3) is 5.91 Å². The number of unbranched alkanes of at least 4 members (excludes halogenated alkanes) is 1. The smallest absolute Gasteiger partial charge is 0.325 e. The second-order valence-corrected chi connectivity index (χ2v) is 8.24. The molecule has 1 heterocycles. The first kappa shape index (κ1) is 19.5. The Kier molecular flexibility index (Phi) is 5.95. The summed E-state index contributed by atoms with van der Waals surface area (Å²) in [6.45, 7) is 9.09. The number of hydrogen-bond donors (Lipinski definition) is 3. The predicted molar refractivity (Wildman–Crippen MR) is 96.1 cm³/mol. The van der Waals surface area contributed by atoms with Gasteiger partial charge in [-0.05, 0) is 51.4 Å². The minimum absolute atomic E-state index is 0.0317. The number of carbonyl (C=O) groups excluding carboxylic acids is 3. The third kappa shape index (κ3) is 4.64. The molecule has 0 atom stereocenters. The lowest BCUT2D eigenvalue weighted by Gasteiger charge is -2.42. The van der Waals surface area contributed by atoms with E-state index in [1.807, 2.05) is 0 Å². The molecule has 25 heavy (non-hydrogen) atoms. The highest BCUT2D eigenvalue weighted by Gasteiger charge is 2.48. The van der Waals surface area contributed by atoms with Gasteiger partial charge in [0.05, 0.1) is 0 Å². The molecule has 1 aliphatic carbocycles. The van der Waals surface area contributed by atoms with Gasteiger partial charge in [0.1, 0.15) is 5.54 Å². The molecule has 2 aliphatic rings. The second-order valence-electron chi connectivity index (χ2n) is 8.24. The average molecular weight is 352 g/mol. The van der Waals surface area contributed by atoms with Gasteiger partial charge in [-0.25, -0.2) is 9.59 Å². The third-order valence-corrected chi connectivity index (χ3v) is 5.58. The van der Waals surface area contributed by atoms with Crippen molar-refractivity contribution in [2.24, 2.45) is 5.41 Å². The molecule has 5 amide bonds. The summed E-state index contributed by atoms with van der Waals surface area (Å²) >= 11 is 0. The lowest BCUT2D eigenvalue weighted by molar-refractivity contribution is -0.125. The molecule has 0 radical (unpaired) electrons. The van der Waals surface area contributed by atoms with Crippen LogP contribution in [0.1, 0.15) is 66.2 Å². The highest BCUT2D eigenvalue weighted by atomic mass is 16.2. The maximum absolute atomic E-state index is 12.1. The molecule has 0 unspecified atom stereocenters. The summed E-state index contributed by atoms with van der Waals surface area (Å²) in [5, 5.41) is 8.33. The number of amides is 5. The summed E-state index contributed by atoms with van der Waals surface area (Å²) in [5.74, 6) is -0.236. The zero-order chi connectivity index (χ0) is 18.7. The number of nitrogens with one attached hydrogen (secondary N) is 3. The first-order valence-corrected chi connectivity index (χ1v) is 9.35. The van der Waals surface area contributed by atoms with Crippen LogP contribution in [0.3, 0.4) is 0 Å². The molecule has 7 heteroatoms. The van der Waals surface area contributed by atoms with Crippen molar-refractivity contribution in [3.05, 3.63) is 0 Å². The summed E-state index contributed by atoms with van der Waals surface area (Å²) in [6, 6.07) is -0.212. The first-order valence-electron chi connectivity index (χ1n) is 9.35. The van der Waals surface area contributed by atoms with Crippen LogP contribution in [-0.4, -0.2) is 47.5 Å². The molecule has 1 saturated heterocycles. The first-order chi connectivity index (χ1) is 11.7. The van der Waals surface area contributed by atoms with Gasteiger partial charge in [-0.3, -0.25) is 10.1 Å². The molecule has 3 N–H and O–H groups in total. The summed E-state index contributed by atoms with van der Waals surface area (Å²) in [5.41, 5.74) is -0.829. The van der Waals surface area contributed by atoms with Crippen LogP contribution >= 0.6 is 0 Å². The molecule has 1 aliphatic heterocycles. The van der Waals surface area contributed by atoms with E-state index in [0.29, 0.717) is 13.1 Å². The maximum atomic E-state index is 12.1. The molecule has 0 aromatic heterocycles. The number of hydrogen-bond acceptors (Lipinski definition) is 3. The van der Waals surface area contributed by atoms with E-state index in [4.69, 9.17) is 0 Å². The van der Waals surface area contributed by atoms with Gasteiger partial charge in [-0.1, -0.05) is 20.3 Å². The van der Waals surface area contributed by atoms with Gasteiger partial charge in [0.2, 0.25) is 0 Å². The Morgan fingerprint density at radius 2 is 1.88 bits per heavy atom. The standard InChI is InChI=1S/C18H32N4O3/c1-5-6-11-19-15(24)20-13-7-9-18(4,10-8-13)12-22-16(25)21-14(23)17(22,2)3/h13H,5-12H2,1-4H3,(H2,19,20,24)(H,21,23,25). The largest absolute Gasteiger partial charge is 0.338 e. The second kappa shape index (κ2) is 7.62. The van der Waals surface area contributed by atoms with Crippen molar-refractivity contribution in [2.75, 3.05) is 13.1 Å². The summed E-state index contributed by atoms with van der Waals surface area (Å²) in [6.07, 6.45) is 5.67. The van der Waals surface area contributed by atoms with Crippen LogP contribution in [0.25, 0.3) is 0 Å². The lowest BCUT2D eigenvalue weighted by Crippen LogP contribution is -2.51. The van der Waals surface area contributed by atoms with Crippen LogP contribution in [0.4, 0.5) is 9.59 Å². The van der Waals surface area contributed by atoms with Crippen molar-refractivity contribution >= 4 is 18.0 Å². The van der Waals surface area contributed by atoms with Crippen LogP contribution in [-0.2, 0) is 4.79 Å². The van der Waals surface area contributed by atoms with E-state index < -0.39 is 5.54 Å². The maximum Gasteiger partial charge on any atom is 0.325 e. The van der Waals surface area contributed by atoms with Gasteiger partial charge in [0, 0.05) is 19.1 Å². The van der Waals surface area contributed by atoms with Crippen LogP contribution < -0.4 is 16.0 Å². The Bertz CT molecular complexity index is 524. The molecule has 7 nitrogen and oxygen atoms in total. The van der Waals surface area contributed by atoms with Crippen molar-refractivity contribution in [1.82, 2.24) is 20.9 Å². The Morgan fingerprint density at radius 3 is 2.40 bits per heavy atom. The zero-order valence-electron chi connectivity index (χ0n) is 15.9. The number of urea groups is 2. The van der Waals surface area contributed by atoms with Crippen molar-refractivity contribution in [2.45, 2.75) is 77.8 Å². The minimum atomic E-state index is -0.797. The van der Waals surface area contributed by atoms with Gasteiger partial charge in [-0.2, -0.15) is 0 Å². The van der Waals surface area contributed by atoms with E-state index in [9.17, 15) is 14.4 Å². The highest BCUT2D eigenvalue weighted by Crippen LogP contribution is 2.38. The Balaban J connectivity index is 1.83. The van der Waals surface area contributed by atoms with Gasteiger partial charge in [-0.15, -0.1) is 0 Å². The zero-order valence-corrected chi connectivity index (χ0v) is 15.9. The molecular weight excluding hydrogens is 320 g/mol. The quantitative estimate of drug-likeness (QED) is 0.506. The fourth-order valence-electron chi connectivity index (χ4n) is 3.58. The summed E-state index contributed by atoms with van der Waals surface area (Å²) in [4.78, 5) is 37.5. The molecule has 0 spiro atoms. The molecule has 0 aromatic rings. The van der Waals surface area contributed by atoms with Gasteiger partial charge in [0.15, 0.2) is 0 Å². The van der Waals surface area contributed by atoms with Crippen molar-refractivity contribution in [3.63, 3.8) is 0 Å². The molecule has 142 valence electrons. The van der Waals surface area contributed by atoms with Gasteiger partial charge < -0.3 is 15.5 Å². The fourth-order valence-corrected chi connectivity index (χ4v) is 3.58. The number of nitrogens with zero attached hydrogens (tertiary/aromatic N) is 1. The monoisotopic (exact) mass is 352 g/mol. The summed E-state index contributed by atoms with van der Waals surface area (Å²) < 4.78 is 0. The van der Waals surface area contributed by atoms with Crippen LogP contribution in [0.5, 0.6) is 0 Å². The lowest BCUT2D eigenvalue weighted by atomic mass is 9.73. The van der Waals surface area contributed by atoms with E-state index in [1.165, 1.54) is 0 Å². The van der Waals surface area contributed by atoms with E-state index >= 15 is 0 Å². The normalized spacial score (nSPS) is 28.6. The van der Waals surface area contributed by atoms with E-state index in [-0.39, 0.29) is 29.4 Å². The summed E-state index contributed by atoms with van der Waals surface area (Å²) in [7, 11) is 0. The van der Waals surface area contributed by atoms with Crippen molar-refractivity contribution < 1.29 is 14.4 Å².